The number of thioether (sulfide) groups is 1. The van der Waals surface area contributed by atoms with E-state index >= 15 is 0 Å². The van der Waals surface area contributed by atoms with Crippen LogP contribution in [0.1, 0.15) is 24.2 Å². The molecule has 8 heteroatoms. The average molecular weight is 305 g/mol. The molecule has 2 rings (SSSR count). The summed E-state index contributed by atoms with van der Waals surface area (Å²) in [4.78, 5) is 27.2. The third-order valence-corrected chi connectivity index (χ3v) is 3.58. The lowest BCUT2D eigenvalue weighted by Gasteiger charge is -2.08. The first kappa shape index (κ1) is 15.0. The molecule has 0 aliphatic carbocycles. The van der Waals surface area contributed by atoms with Gasteiger partial charge in [0.2, 0.25) is 17.0 Å². The van der Waals surface area contributed by atoms with Gasteiger partial charge in [0.05, 0.1) is 5.25 Å². The van der Waals surface area contributed by atoms with E-state index in [0.29, 0.717) is 16.4 Å². The summed E-state index contributed by atoms with van der Waals surface area (Å²) in [5.41, 5.74) is 6.65. The second-order valence-corrected chi connectivity index (χ2v) is 5.69. The van der Waals surface area contributed by atoms with Gasteiger partial charge in [-0.05, 0) is 31.2 Å². The number of nitrogens with one attached hydrogen (secondary N) is 2. The predicted molar refractivity (Wildman–Crippen MR) is 81.2 cm³/mol. The summed E-state index contributed by atoms with van der Waals surface area (Å²) < 4.78 is 0. The van der Waals surface area contributed by atoms with E-state index < -0.39 is 0 Å². The van der Waals surface area contributed by atoms with E-state index in [1.54, 1.807) is 31.2 Å². The summed E-state index contributed by atoms with van der Waals surface area (Å²) in [7, 11) is 0. The van der Waals surface area contributed by atoms with E-state index in [9.17, 15) is 9.59 Å². The van der Waals surface area contributed by atoms with E-state index in [0.717, 1.165) is 0 Å². The SMILES string of the molecule is CC(=O)Nc1ccc(C(=O)C(C)Sc2n[nH]c(N)n2)cc1. The van der Waals surface area contributed by atoms with Gasteiger partial charge in [-0.2, -0.15) is 4.98 Å². The van der Waals surface area contributed by atoms with Crippen molar-refractivity contribution < 1.29 is 9.59 Å². The van der Waals surface area contributed by atoms with Crippen LogP contribution in [-0.4, -0.2) is 32.1 Å². The molecule has 1 heterocycles. The monoisotopic (exact) mass is 305 g/mol. The molecule has 1 aromatic heterocycles. The summed E-state index contributed by atoms with van der Waals surface area (Å²) >= 11 is 1.23. The largest absolute Gasteiger partial charge is 0.368 e. The molecular weight excluding hydrogens is 290 g/mol. The summed E-state index contributed by atoms with van der Waals surface area (Å²) in [6, 6.07) is 6.74. The molecule has 0 saturated carbocycles. The van der Waals surface area contributed by atoms with Gasteiger partial charge in [0.25, 0.3) is 0 Å². The fourth-order valence-electron chi connectivity index (χ4n) is 1.68. The van der Waals surface area contributed by atoms with Crippen molar-refractivity contribution in [2.24, 2.45) is 0 Å². The Morgan fingerprint density at radius 3 is 2.52 bits per heavy atom. The summed E-state index contributed by atoms with van der Waals surface area (Å²) in [5, 5.41) is 9.15. The van der Waals surface area contributed by atoms with Gasteiger partial charge < -0.3 is 11.1 Å². The van der Waals surface area contributed by atoms with Gasteiger partial charge in [-0.25, -0.2) is 5.10 Å². The van der Waals surface area contributed by atoms with Gasteiger partial charge in [-0.1, -0.05) is 11.8 Å². The second kappa shape index (κ2) is 6.40. The standard InChI is InChI=1S/C13H15N5O2S/c1-7(21-13-16-12(14)17-18-13)11(20)9-3-5-10(6-4-9)15-8(2)19/h3-7H,1-2H3,(H,15,19)(H3,14,16,17,18). The quantitative estimate of drug-likeness (QED) is 0.572. The van der Waals surface area contributed by atoms with Crippen LogP contribution in [0.4, 0.5) is 11.6 Å². The number of rotatable bonds is 5. The van der Waals surface area contributed by atoms with Crippen LogP contribution in [0.15, 0.2) is 29.4 Å². The number of hydrogen-bond acceptors (Lipinski definition) is 6. The molecule has 0 spiro atoms. The van der Waals surface area contributed by atoms with Gasteiger partial charge in [-0.3, -0.25) is 9.59 Å². The van der Waals surface area contributed by atoms with E-state index in [1.165, 1.54) is 18.7 Å². The van der Waals surface area contributed by atoms with E-state index in [1.807, 2.05) is 0 Å². The first-order chi connectivity index (χ1) is 9.95. The topological polar surface area (TPSA) is 114 Å². The van der Waals surface area contributed by atoms with Crippen LogP contribution in [-0.2, 0) is 4.79 Å². The van der Waals surface area contributed by atoms with Crippen LogP contribution in [0.5, 0.6) is 0 Å². The lowest BCUT2D eigenvalue weighted by molar-refractivity contribution is -0.114. The van der Waals surface area contributed by atoms with Gasteiger partial charge in [-0.15, -0.1) is 5.10 Å². The molecule has 1 atom stereocenters. The number of carbonyl (C=O) groups is 2. The Morgan fingerprint density at radius 1 is 1.33 bits per heavy atom. The van der Waals surface area contributed by atoms with Gasteiger partial charge in [0.15, 0.2) is 5.78 Å². The molecular formula is C13H15N5O2S. The number of nitrogens with zero attached hydrogens (tertiary/aromatic N) is 2. The molecule has 0 aliphatic heterocycles. The lowest BCUT2D eigenvalue weighted by atomic mass is 10.1. The van der Waals surface area contributed by atoms with Crippen LogP contribution < -0.4 is 11.1 Å². The zero-order valence-electron chi connectivity index (χ0n) is 11.6. The number of Topliss-reactive ketones (excluding diaryl/α,β-unsaturated/α-hetero) is 1. The first-order valence-electron chi connectivity index (χ1n) is 6.22. The number of amides is 1. The Balaban J connectivity index is 2.03. The number of aromatic nitrogens is 3. The number of carbonyl (C=O) groups excluding carboxylic acids is 2. The number of anilines is 2. The van der Waals surface area contributed by atoms with Crippen LogP contribution >= 0.6 is 11.8 Å². The van der Waals surface area contributed by atoms with E-state index in [2.05, 4.69) is 20.5 Å². The van der Waals surface area contributed by atoms with E-state index in [-0.39, 0.29) is 22.9 Å². The van der Waals surface area contributed by atoms with Crippen molar-refractivity contribution in [3.63, 3.8) is 0 Å². The summed E-state index contributed by atoms with van der Waals surface area (Å²) in [6.45, 7) is 3.21. The van der Waals surface area contributed by atoms with Crippen LogP contribution in [0.2, 0.25) is 0 Å². The highest BCUT2D eigenvalue weighted by Crippen LogP contribution is 2.23. The maximum absolute atomic E-state index is 12.3. The van der Waals surface area contributed by atoms with E-state index in [4.69, 9.17) is 5.73 Å². The number of nitrogen functional groups attached to an aromatic ring is 1. The molecule has 0 radical (unpaired) electrons. The Bertz CT molecular complexity index is 653. The second-order valence-electron chi connectivity index (χ2n) is 4.39. The van der Waals surface area contributed by atoms with Crippen molar-refractivity contribution >= 4 is 35.1 Å². The zero-order valence-corrected chi connectivity index (χ0v) is 12.4. The zero-order chi connectivity index (χ0) is 15.4. The van der Waals surface area contributed by atoms with Gasteiger partial charge >= 0.3 is 0 Å². The van der Waals surface area contributed by atoms with Gasteiger partial charge in [0, 0.05) is 18.2 Å². The highest BCUT2D eigenvalue weighted by atomic mass is 32.2. The van der Waals surface area contributed by atoms with Crippen LogP contribution in [0.25, 0.3) is 0 Å². The fraction of sp³-hybridized carbons (Fsp3) is 0.231. The minimum atomic E-state index is -0.341. The molecule has 0 saturated heterocycles. The molecule has 4 N–H and O–H groups in total. The normalized spacial score (nSPS) is 11.9. The Morgan fingerprint density at radius 2 is 2.00 bits per heavy atom. The minimum absolute atomic E-state index is 0.0438. The Labute approximate surface area is 125 Å². The number of nitrogens with two attached hydrogens (primary N) is 1. The number of H-pyrrole nitrogens is 1. The van der Waals surface area contributed by atoms with Crippen molar-refractivity contribution in [2.75, 3.05) is 11.1 Å². The number of benzene rings is 1. The molecule has 0 aliphatic rings. The maximum atomic E-state index is 12.3. The summed E-state index contributed by atoms with van der Waals surface area (Å²) in [6.07, 6.45) is 0. The molecule has 1 aromatic carbocycles. The minimum Gasteiger partial charge on any atom is -0.368 e. The van der Waals surface area contributed by atoms with Crippen LogP contribution in [0, 0.1) is 0 Å². The molecule has 1 unspecified atom stereocenters. The molecule has 0 bridgehead atoms. The first-order valence-corrected chi connectivity index (χ1v) is 7.10. The molecule has 0 fully saturated rings. The lowest BCUT2D eigenvalue weighted by Crippen LogP contribution is -2.14. The predicted octanol–water partition coefficient (Wildman–Crippen LogP) is 1.71. The molecule has 2 aromatic rings. The van der Waals surface area contributed by atoms with Crippen molar-refractivity contribution in [3.05, 3.63) is 29.8 Å². The highest BCUT2D eigenvalue weighted by Gasteiger charge is 2.18. The molecule has 21 heavy (non-hydrogen) atoms. The highest BCUT2D eigenvalue weighted by molar-refractivity contribution is 8.00. The number of aromatic amines is 1. The third-order valence-electron chi connectivity index (χ3n) is 2.62. The van der Waals surface area contributed by atoms with Crippen molar-refractivity contribution in [1.82, 2.24) is 15.2 Å². The average Bonchev–Trinajstić information content (AvgIpc) is 2.83. The van der Waals surface area contributed by atoms with Gasteiger partial charge in [0.1, 0.15) is 0 Å². The molecule has 1 amide bonds. The fourth-order valence-corrected chi connectivity index (χ4v) is 2.49. The third kappa shape index (κ3) is 4.06. The molecule has 7 nitrogen and oxygen atoms in total. The molecule has 110 valence electrons. The Hall–Kier alpha value is -2.35. The van der Waals surface area contributed by atoms with Crippen LogP contribution in [0.3, 0.4) is 0 Å². The van der Waals surface area contributed by atoms with Crippen molar-refractivity contribution in [2.45, 2.75) is 24.3 Å². The summed E-state index contributed by atoms with van der Waals surface area (Å²) in [5.74, 6) is 0.0229. The maximum Gasteiger partial charge on any atom is 0.221 e. The smallest absolute Gasteiger partial charge is 0.221 e. The van der Waals surface area contributed by atoms with Crippen molar-refractivity contribution in [3.8, 4) is 0 Å². The number of ketones is 1. The van der Waals surface area contributed by atoms with Crippen molar-refractivity contribution in [1.29, 1.82) is 0 Å². The Kier molecular flexibility index (Phi) is 4.59. The number of hydrogen-bond donors (Lipinski definition) is 3.